The second-order valence-electron chi connectivity index (χ2n) is 7.37. The molecule has 1 aromatic heterocycles. The van der Waals surface area contributed by atoms with Crippen molar-refractivity contribution >= 4 is 11.0 Å². The molecule has 4 heteroatoms. The second kappa shape index (κ2) is 8.50. The Kier molecular flexibility index (Phi) is 5.63. The zero-order chi connectivity index (χ0) is 20.2. The summed E-state index contributed by atoms with van der Waals surface area (Å²) in [7, 11) is 0. The highest BCUT2D eigenvalue weighted by Gasteiger charge is 2.19. The van der Waals surface area contributed by atoms with Crippen LogP contribution in [0.4, 0.5) is 0 Å². The van der Waals surface area contributed by atoms with Crippen LogP contribution in [0, 0.1) is 13.8 Å². The number of aliphatic hydroxyl groups is 1. The molecule has 4 aromatic rings. The lowest BCUT2D eigenvalue weighted by molar-refractivity contribution is 0.203. The molecule has 0 saturated heterocycles. The predicted molar refractivity (Wildman–Crippen MR) is 116 cm³/mol. The van der Waals surface area contributed by atoms with Crippen LogP contribution in [-0.4, -0.2) is 21.3 Å². The fourth-order valence-corrected chi connectivity index (χ4v) is 3.54. The van der Waals surface area contributed by atoms with Crippen LogP contribution in [0.5, 0.6) is 5.75 Å². The van der Waals surface area contributed by atoms with E-state index in [1.807, 2.05) is 60.7 Å². The number of aryl methyl sites for hydroxylation is 3. The van der Waals surface area contributed by atoms with E-state index in [-0.39, 0.29) is 0 Å². The van der Waals surface area contributed by atoms with Crippen LogP contribution < -0.4 is 4.74 Å². The Morgan fingerprint density at radius 1 is 0.931 bits per heavy atom. The highest BCUT2D eigenvalue weighted by Crippen LogP contribution is 2.26. The van der Waals surface area contributed by atoms with Crippen LogP contribution >= 0.6 is 0 Å². The number of ether oxygens (including phenoxy) is 1. The molecule has 0 aliphatic carbocycles. The Morgan fingerprint density at radius 3 is 2.48 bits per heavy atom. The standard InChI is InChI=1S/C25H26N2O2/c1-18-13-14-21(17-19(18)2)29-16-8-15-27-23-12-7-6-11-22(23)26-25(27)24(28)20-9-4-3-5-10-20/h3-7,9-14,17,24,28H,8,15-16H2,1-2H3. The van der Waals surface area contributed by atoms with Crippen molar-refractivity contribution in [3.05, 3.63) is 95.3 Å². The summed E-state index contributed by atoms with van der Waals surface area (Å²) >= 11 is 0. The minimum Gasteiger partial charge on any atom is -0.494 e. The van der Waals surface area contributed by atoms with Crippen LogP contribution in [0.15, 0.2) is 72.8 Å². The van der Waals surface area contributed by atoms with Crippen molar-refractivity contribution in [2.45, 2.75) is 32.9 Å². The van der Waals surface area contributed by atoms with Gasteiger partial charge < -0.3 is 14.4 Å². The summed E-state index contributed by atoms with van der Waals surface area (Å²) in [5, 5.41) is 11.0. The molecule has 29 heavy (non-hydrogen) atoms. The van der Waals surface area contributed by atoms with E-state index in [4.69, 9.17) is 9.72 Å². The molecule has 0 amide bonds. The zero-order valence-corrected chi connectivity index (χ0v) is 16.9. The smallest absolute Gasteiger partial charge is 0.143 e. The molecule has 1 N–H and O–H groups in total. The molecule has 0 radical (unpaired) electrons. The number of rotatable bonds is 7. The van der Waals surface area contributed by atoms with E-state index in [0.29, 0.717) is 12.4 Å². The summed E-state index contributed by atoms with van der Waals surface area (Å²) in [5.74, 6) is 1.57. The maximum Gasteiger partial charge on any atom is 0.143 e. The molecule has 0 aliphatic heterocycles. The van der Waals surface area contributed by atoms with Crippen molar-refractivity contribution in [2.75, 3.05) is 6.61 Å². The monoisotopic (exact) mass is 386 g/mol. The number of benzene rings is 3. The van der Waals surface area contributed by atoms with Gasteiger partial charge in [0.2, 0.25) is 0 Å². The topological polar surface area (TPSA) is 47.3 Å². The molecular weight excluding hydrogens is 360 g/mol. The number of hydrogen-bond acceptors (Lipinski definition) is 3. The Bertz CT molecular complexity index is 1100. The number of fused-ring (bicyclic) bond motifs is 1. The van der Waals surface area contributed by atoms with Crippen LogP contribution in [0.3, 0.4) is 0 Å². The molecule has 3 aromatic carbocycles. The van der Waals surface area contributed by atoms with E-state index >= 15 is 0 Å². The molecule has 148 valence electrons. The second-order valence-corrected chi connectivity index (χ2v) is 7.37. The third kappa shape index (κ3) is 4.17. The van der Waals surface area contributed by atoms with E-state index in [1.165, 1.54) is 11.1 Å². The van der Waals surface area contributed by atoms with Gasteiger partial charge in [0.05, 0.1) is 17.6 Å². The normalized spacial score (nSPS) is 12.2. The molecule has 0 saturated carbocycles. The van der Waals surface area contributed by atoms with Gasteiger partial charge in [0.15, 0.2) is 0 Å². The Morgan fingerprint density at radius 2 is 1.69 bits per heavy atom. The van der Waals surface area contributed by atoms with Gasteiger partial charge in [0.25, 0.3) is 0 Å². The van der Waals surface area contributed by atoms with Crippen molar-refractivity contribution in [1.82, 2.24) is 9.55 Å². The molecule has 4 rings (SSSR count). The van der Waals surface area contributed by atoms with Crippen LogP contribution in [0.2, 0.25) is 0 Å². The molecule has 0 spiro atoms. The average molecular weight is 386 g/mol. The van der Waals surface area contributed by atoms with E-state index in [2.05, 4.69) is 30.5 Å². The third-order valence-corrected chi connectivity index (χ3v) is 5.32. The van der Waals surface area contributed by atoms with Gasteiger partial charge in [-0.15, -0.1) is 0 Å². The summed E-state index contributed by atoms with van der Waals surface area (Å²) in [6.07, 6.45) is 0.0613. The molecule has 4 nitrogen and oxygen atoms in total. The van der Waals surface area contributed by atoms with Crippen molar-refractivity contribution < 1.29 is 9.84 Å². The van der Waals surface area contributed by atoms with Gasteiger partial charge in [-0.05, 0) is 61.2 Å². The number of para-hydroxylation sites is 2. The van der Waals surface area contributed by atoms with E-state index in [1.54, 1.807) is 0 Å². The number of hydrogen-bond donors (Lipinski definition) is 1. The first kappa shape index (κ1) is 19.2. The molecule has 1 unspecified atom stereocenters. The summed E-state index contributed by atoms with van der Waals surface area (Å²) in [6, 6.07) is 23.9. The van der Waals surface area contributed by atoms with Crippen molar-refractivity contribution in [2.24, 2.45) is 0 Å². The van der Waals surface area contributed by atoms with Gasteiger partial charge in [-0.25, -0.2) is 4.98 Å². The fraction of sp³-hybridized carbons (Fsp3) is 0.240. The van der Waals surface area contributed by atoms with Gasteiger partial charge in [0, 0.05) is 6.54 Å². The van der Waals surface area contributed by atoms with Crippen molar-refractivity contribution in [3.8, 4) is 5.75 Å². The van der Waals surface area contributed by atoms with Crippen LogP contribution in [0.1, 0.15) is 35.0 Å². The highest BCUT2D eigenvalue weighted by molar-refractivity contribution is 5.76. The lowest BCUT2D eigenvalue weighted by Gasteiger charge is -2.15. The lowest BCUT2D eigenvalue weighted by Crippen LogP contribution is -2.12. The van der Waals surface area contributed by atoms with Gasteiger partial charge in [0.1, 0.15) is 17.7 Å². The number of aliphatic hydroxyl groups excluding tert-OH is 1. The molecule has 0 aliphatic rings. The fourth-order valence-electron chi connectivity index (χ4n) is 3.54. The summed E-state index contributed by atoms with van der Waals surface area (Å²) in [4.78, 5) is 4.72. The predicted octanol–water partition coefficient (Wildman–Crippen LogP) is 5.20. The van der Waals surface area contributed by atoms with Gasteiger partial charge in [-0.3, -0.25) is 0 Å². The van der Waals surface area contributed by atoms with Crippen molar-refractivity contribution in [1.29, 1.82) is 0 Å². The molecule has 1 atom stereocenters. The van der Waals surface area contributed by atoms with E-state index in [0.717, 1.165) is 35.3 Å². The van der Waals surface area contributed by atoms with Gasteiger partial charge in [-0.2, -0.15) is 0 Å². The first-order chi connectivity index (χ1) is 14.1. The molecule has 0 fully saturated rings. The first-order valence-electron chi connectivity index (χ1n) is 10.0. The minimum atomic E-state index is -0.760. The van der Waals surface area contributed by atoms with E-state index in [9.17, 15) is 5.11 Å². The maximum atomic E-state index is 11.0. The number of aromatic nitrogens is 2. The quantitative estimate of drug-likeness (QED) is 0.444. The summed E-state index contributed by atoms with van der Waals surface area (Å²) < 4.78 is 8.05. The number of imidazole rings is 1. The Balaban J connectivity index is 1.52. The Hall–Kier alpha value is -3.11. The highest BCUT2D eigenvalue weighted by atomic mass is 16.5. The Labute approximate surface area is 171 Å². The third-order valence-electron chi connectivity index (χ3n) is 5.32. The maximum absolute atomic E-state index is 11.0. The van der Waals surface area contributed by atoms with E-state index < -0.39 is 6.10 Å². The van der Waals surface area contributed by atoms with Crippen molar-refractivity contribution in [3.63, 3.8) is 0 Å². The molecule has 1 heterocycles. The van der Waals surface area contributed by atoms with Crippen LogP contribution in [0.25, 0.3) is 11.0 Å². The minimum absolute atomic E-state index is 0.607. The molecular formula is C25H26N2O2. The summed E-state index contributed by atoms with van der Waals surface area (Å²) in [5.41, 5.74) is 5.27. The van der Waals surface area contributed by atoms with Crippen LogP contribution in [-0.2, 0) is 6.54 Å². The summed E-state index contributed by atoms with van der Waals surface area (Å²) in [6.45, 7) is 5.53. The zero-order valence-electron chi connectivity index (χ0n) is 16.9. The SMILES string of the molecule is Cc1ccc(OCCCn2c(C(O)c3ccccc3)nc3ccccc32)cc1C. The number of nitrogens with zero attached hydrogens (tertiary/aromatic N) is 2. The first-order valence-corrected chi connectivity index (χ1v) is 10.0. The van der Waals surface area contributed by atoms with Gasteiger partial charge >= 0.3 is 0 Å². The molecule has 0 bridgehead atoms. The average Bonchev–Trinajstić information content (AvgIpc) is 3.12. The lowest BCUT2D eigenvalue weighted by atomic mass is 10.1. The largest absolute Gasteiger partial charge is 0.494 e. The van der Waals surface area contributed by atoms with Gasteiger partial charge in [-0.1, -0.05) is 48.5 Å².